The molecule has 1 N–H and O–H groups in total. The number of nitrogens with one attached hydrogen (secondary N) is 1. The van der Waals surface area contributed by atoms with Crippen LogP contribution in [0.5, 0.6) is 0 Å². The van der Waals surface area contributed by atoms with Crippen LogP contribution in [0.25, 0.3) is 17.1 Å². The average Bonchev–Trinajstić information content (AvgIpc) is 3.26. The Morgan fingerprint density at radius 1 is 1.03 bits per heavy atom. The van der Waals surface area contributed by atoms with E-state index in [4.69, 9.17) is 11.6 Å². The Labute approximate surface area is 200 Å². The summed E-state index contributed by atoms with van der Waals surface area (Å²) in [4.78, 5) is 16.4. The lowest BCUT2D eigenvalue weighted by Gasteiger charge is -2.10. The number of pyridine rings is 1. The van der Waals surface area contributed by atoms with Gasteiger partial charge in [-0.25, -0.2) is 5.43 Å². The normalized spacial score (nSPS) is 11.4. The Morgan fingerprint density at radius 2 is 1.73 bits per heavy atom. The number of carbonyl (C=O) groups is 1. The smallest absolute Gasteiger partial charge is 0.250 e. The SMILES string of the molecule is C/C(=N\NC(=O)CSc1nnc(-c2ccc(C)cc2)n1-c1ccc(Cl)cc1)c1ccncc1. The van der Waals surface area contributed by atoms with Gasteiger partial charge in [-0.05, 0) is 50.2 Å². The van der Waals surface area contributed by atoms with Gasteiger partial charge >= 0.3 is 0 Å². The zero-order valence-corrected chi connectivity index (χ0v) is 19.6. The predicted molar refractivity (Wildman–Crippen MR) is 132 cm³/mol. The Balaban J connectivity index is 1.54. The highest BCUT2D eigenvalue weighted by Crippen LogP contribution is 2.28. The molecule has 0 aliphatic carbocycles. The summed E-state index contributed by atoms with van der Waals surface area (Å²) in [5.41, 5.74) is 7.12. The third-order valence-corrected chi connectivity index (χ3v) is 5.99. The first-order chi connectivity index (χ1) is 16.0. The van der Waals surface area contributed by atoms with Crippen LogP contribution < -0.4 is 5.43 Å². The molecule has 0 spiro atoms. The standard InChI is InChI=1S/C24H21ClN6OS/c1-16-3-5-19(6-4-16)23-29-30-24(31(23)21-9-7-20(25)8-10-21)33-15-22(32)28-27-17(2)18-11-13-26-14-12-18/h3-14H,15H2,1-2H3,(H,28,32)/b27-17+. The molecular formula is C24H21ClN6OS. The van der Waals surface area contributed by atoms with E-state index < -0.39 is 0 Å². The summed E-state index contributed by atoms with van der Waals surface area (Å²) in [6.45, 7) is 3.86. The highest BCUT2D eigenvalue weighted by Gasteiger charge is 2.17. The van der Waals surface area contributed by atoms with Gasteiger partial charge in [0.25, 0.3) is 5.91 Å². The number of amides is 1. The summed E-state index contributed by atoms with van der Waals surface area (Å²) in [7, 11) is 0. The Kier molecular flexibility index (Phi) is 7.16. The number of aromatic nitrogens is 4. The first kappa shape index (κ1) is 22.7. The molecule has 2 aromatic heterocycles. The topological polar surface area (TPSA) is 85.1 Å². The van der Waals surface area contributed by atoms with Crippen LogP contribution in [-0.4, -0.2) is 37.1 Å². The largest absolute Gasteiger partial charge is 0.272 e. The zero-order valence-electron chi connectivity index (χ0n) is 18.1. The highest BCUT2D eigenvalue weighted by molar-refractivity contribution is 7.99. The molecule has 0 fully saturated rings. The lowest BCUT2D eigenvalue weighted by molar-refractivity contribution is -0.118. The minimum Gasteiger partial charge on any atom is -0.272 e. The molecular weight excluding hydrogens is 456 g/mol. The Morgan fingerprint density at radius 3 is 2.42 bits per heavy atom. The van der Waals surface area contributed by atoms with Crippen LogP contribution >= 0.6 is 23.4 Å². The van der Waals surface area contributed by atoms with Crippen LogP contribution in [0.1, 0.15) is 18.1 Å². The summed E-state index contributed by atoms with van der Waals surface area (Å²) >= 11 is 7.37. The number of benzene rings is 2. The molecule has 0 aliphatic heterocycles. The lowest BCUT2D eigenvalue weighted by Crippen LogP contribution is -2.21. The van der Waals surface area contributed by atoms with Crippen molar-refractivity contribution >= 4 is 35.0 Å². The first-order valence-corrected chi connectivity index (χ1v) is 11.5. The van der Waals surface area contributed by atoms with Crippen molar-refractivity contribution < 1.29 is 4.79 Å². The van der Waals surface area contributed by atoms with Gasteiger partial charge in [-0.2, -0.15) is 5.10 Å². The number of halogens is 1. The van der Waals surface area contributed by atoms with E-state index in [1.807, 2.05) is 79.1 Å². The second-order valence-corrected chi connectivity index (χ2v) is 8.62. The van der Waals surface area contributed by atoms with Crippen LogP contribution in [0.4, 0.5) is 0 Å². The van der Waals surface area contributed by atoms with Gasteiger partial charge in [0.1, 0.15) is 0 Å². The van der Waals surface area contributed by atoms with Crippen molar-refractivity contribution in [2.45, 2.75) is 19.0 Å². The number of aryl methyl sites for hydroxylation is 1. The molecule has 1 amide bonds. The van der Waals surface area contributed by atoms with Crippen molar-refractivity contribution in [3.8, 4) is 17.1 Å². The van der Waals surface area contributed by atoms with Gasteiger partial charge in [-0.1, -0.05) is 53.2 Å². The van der Waals surface area contributed by atoms with E-state index in [2.05, 4.69) is 25.7 Å². The number of hydrogen-bond donors (Lipinski definition) is 1. The third-order valence-electron chi connectivity index (χ3n) is 4.81. The molecule has 0 bridgehead atoms. The molecule has 0 unspecified atom stereocenters. The van der Waals surface area contributed by atoms with E-state index in [0.29, 0.717) is 21.7 Å². The Hall–Kier alpha value is -3.49. The third kappa shape index (κ3) is 5.66. The molecule has 4 rings (SSSR count). The van der Waals surface area contributed by atoms with Crippen molar-refractivity contribution in [2.24, 2.45) is 5.10 Å². The monoisotopic (exact) mass is 476 g/mol. The number of rotatable bonds is 7. The van der Waals surface area contributed by atoms with E-state index in [0.717, 1.165) is 22.4 Å². The molecule has 4 aromatic rings. The van der Waals surface area contributed by atoms with Crippen molar-refractivity contribution in [1.82, 2.24) is 25.2 Å². The van der Waals surface area contributed by atoms with Gasteiger partial charge in [0.15, 0.2) is 11.0 Å². The molecule has 33 heavy (non-hydrogen) atoms. The molecule has 9 heteroatoms. The van der Waals surface area contributed by atoms with Crippen molar-refractivity contribution in [3.63, 3.8) is 0 Å². The molecule has 0 atom stereocenters. The van der Waals surface area contributed by atoms with Gasteiger partial charge in [0, 0.05) is 34.2 Å². The minimum atomic E-state index is -0.240. The summed E-state index contributed by atoms with van der Waals surface area (Å²) in [5.74, 6) is 0.579. The summed E-state index contributed by atoms with van der Waals surface area (Å²) in [6.07, 6.45) is 3.36. The molecule has 7 nitrogen and oxygen atoms in total. The Bertz CT molecular complexity index is 1270. The molecule has 2 heterocycles. The van der Waals surface area contributed by atoms with Crippen LogP contribution in [0.3, 0.4) is 0 Å². The van der Waals surface area contributed by atoms with Crippen molar-refractivity contribution in [1.29, 1.82) is 0 Å². The molecule has 2 aromatic carbocycles. The van der Waals surface area contributed by atoms with E-state index in [1.165, 1.54) is 11.8 Å². The van der Waals surface area contributed by atoms with Gasteiger partial charge in [-0.15, -0.1) is 10.2 Å². The molecule has 166 valence electrons. The maximum Gasteiger partial charge on any atom is 0.250 e. The predicted octanol–water partition coefficient (Wildman–Crippen LogP) is 4.92. The number of nitrogens with zero attached hydrogens (tertiary/aromatic N) is 5. The highest BCUT2D eigenvalue weighted by atomic mass is 35.5. The fraction of sp³-hybridized carbons (Fsp3) is 0.125. The molecule has 0 radical (unpaired) electrons. The molecule has 0 saturated carbocycles. The second-order valence-electron chi connectivity index (χ2n) is 7.24. The van der Waals surface area contributed by atoms with Gasteiger partial charge in [-0.3, -0.25) is 14.3 Å². The van der Waals surface area contributed by atoms with Crippen LogP contribution in [0.15, 0.2) is 83.3 Å². The number of hydrazone groups is 1. The molecule has 0 aliphatic rings. The van der Waals surface area contributed by atoms with Crippen molar-refractivity contribution in [3.05, 3.63) is 89.2 Å². The average molecular weight is 477 g/mol. The van der Waals surface area contributed by atoms with Gasteiger partial charge < -0.3 is 0 Å². The fourth-order valence-corrected chi connectivity index (χ4v) is 3.91. The number of carbonyl (C=O) groups excluding carboxylic acids is 1. The maximum absolute atomic E-state index is 12.4. The zero-order chi connectivity index (χ0) is 23.2. The van der Waals surface area contributed by atoms with E-state index in [-0.39, 0.29) is 11.7 Å². The lowest BCUT2D eigenvalue weighted by atomic mass is 10.1. The van der Waals surface area contributed by atoms with Crippen LogP contribution in [-0.2, 0) is 4.79 Å². The van der Waals surface area contributed by atoms with E-state index in [1.54, 1.807) is 12.4 Å². The quantitative estimate of drug-likeness (QED) is 0.232. The fourth-order valence-electron chi connectivity index (χ4n) is 3.04. The van der Waals surface area contributed by atoms with Gasteiger partial charge in [0.2, 0.25) is 0 Å². The van der Waals surface area contributed by atoms with Crippen LogP contribution in [0, 0.1) is 6.92 Å². The second kappa shape index (κ2) is 10.4. The molecule has 0 saturated heterocycles. The van der Waals surface area contributed by atoms with E-state index >= 15 is 0 Å². The minimum absolute atomic E-state index is 0.132. The summed E-state index contributed by atoms with van der Waals surface area (Å²) in [5, 5.41) is 14.2. The first-order valence-electron chi connectivity index (χ1n) is 10.2. The van der Waals surface area contributed by atoms with Gasteiger partial charge in [0.05, 0.1) is 11.5 Å². The maximum atomic E-state index is 12.4. The van der Waals surface area contributed by atoms with Crippen molar-refractivity contribution in [2.75, 3.05) is 5.75 Å². The summed E-state index contributed by atoms with van der Waals surface area (Å²) in [6, 6.07) is 19.2. The van der Waals surface area contributed by atoms with E-state index in [9.17, 15) is 4.79 Å². The summed E-state index contributed by atoms with van der Waals surface area (Å²) < 4.78 is 1.92. The number of hydrogen-bond acceptors (Lipinski definition) is 6. The van der Waals surface area contributed by atoms with Crippen LogP contribution in [0.2, 0.25) is 5.02 Å². The number of thioether (sulfide) groups is 1.